The molecule has 2 N–H and O–H groups in total. The molecule has 0 unspecified atom stereocenters. The van der Waals surface area contributed by atoms with Crippen molar-refractivity contribution < 1.29 is 23.0 Å². The summed E-state index contributed by atoms with van der Waals surface area (Å²) >= 11 is 0. The molecule has 0 saturated heterocycles. The van der Waals surface area contributed by atoms with Gasteiger partial charge in [0.1, 0.15) is 5.69 Å². The zero-order chi connectivity index (χ0) is 15.9. The van der Waals surface area contributed by atoms with Gasteiger partial charge < -0.3 is 14.5 Å². The van der Waals surface area contributed by atoms with Crippen molar-refractivity contribution in [3.63, 3.8) is 0 Å². The van der Waals surface area contributed by atoms with E-state index in [-0.39, 0.29) is 17.1 Å². The van der Waals surface area contributed by atoms with Crippen molar-refractivity contribution in [2.45, 2.75) is 6.61 Å². The molecule has 0 aliphatic heterocycles. The van der Waals surface area contributed by atoms with Gasteiger partial charge in [0.2, 0.25) is 0 Å². The highest BCUT2D eigenvalue weighted by molar-refractivity contribution is 5.93. The molecule has 0 bridgehead atoms. The maximum atomic E-state index is 12.5. The van der Waals surface area contributed by atoms with Gasteiger partial charge >= 0.3 is 6.61 Å². The first-order valence-corrected chi connectivity index (χ1v) is 6.20. The molecule has 116 valence electrons. The summed E-state index contributed by atoms with van der Waals surface area (Å²) in [4.78, 5) is 14.4. The first kappa shape index (κ1) is 15.5. The maximum Gasteiger partial charge on any atom is 0.387 e. The number of nitrogens with one attached hydrogen (secondary N) is 2. The van der Waals surface area contributed by atoms with Crippen LogP contribution >= 0.6 is 0 Å². The number of nitrogens with zero attached hydrogens (tertiary/aromatic N) is 1. The summed E-state index contributed by atoms with van der Waals surface area (Å²) in [5.74, 6) is -0.474. The number of H-pyrrole nitrogens is 1. The number of amides is 1. The van der Waals surface area contributed by atoms with E-state index in [1.807, 2.05) is 0 Å². The standard InChI is InChI=1S/C14H13F2N3O3/c1-21-11-6-2-4-9(12(11)22-14(15)16)8-18-19-13(20)10-5-3-7-17-10/h2-8,14,17H,1H3,(H,19,20)/b18-8-. The number of carbonyl (C=O) groups excluding carboxylic acids is 1. The van der Waals surface area contributed by atoms with Gasteiger partial charge in [-0.1, -0.05) is 6.07 Å². The minimum absolute atomic E-state index is 0.139. The highest BCUT2D eigenvalue weighted by Gasteiger charge is 2.14. The van der Waals surface area contributed by atoms with Crippen LogP contribution < -0.4 is 14.9 Å². The van der Waals surface area contributed by atoms with Crippen molar-refractivity contribution in [1.29, 1.82) is 0 Å². The number of ether oxygens (including phenoxy) is 2. The Morgan fingerprint density at radius 2 is 2.18 bits per heavy atom. The second-order valence-corrected chi connectivity index (χ2v) is 4.04. The van der Waals surface area contributed by atoms with Crippen LogP contribution in [0.2, 0.25) is 0 Å². The highest BCUT2D eigenvalue weighted by atomic mass is 19.3. The number of aromatic nitrogens is 1. The molecule has 1 amide bonds. The summed E-state index contributed by atoms with van der Waals surface area (Å²) in [6.45, 7) is -3.00. The summed E-state index contributed by atoms with van der Waals surface area (Å²) < 4.78 is 34.3. The predicted molar refractivity (Wildman–Crippen MR) is 75.5 cm³/mol. The average Bonchev–Trinajstić information content (AvgIpc) is 3.02. The number of alkyl halides is 2. The fourth-order valence-corrected chi connectivity index (χ4v) is 1.70. The monoisotopic (exact) mass is 309 g/mol. The molecule has 1 aromatic carbocycles. The van der Waals surface area contributed by atoms with Crippen molar-refractivity contribution in [3.05, 3.63) is 47.8 Å². The molecular formula is C14H13F2N3O3. The number of rotatable bonds is 6. The summed E-state index contributed by atoms with van der Waals surface area (Å²) in [5, 5.41) is 3.72. The Kier molecular flexibility index (Phi) is 5.07. The number of methoxy groups -OCH3 is 1. The van der Waals surface area contributed by atoms with Gasteiger partial charge in [0.25, 0.3) is 5.91 Å². The molecule has 0 aliphatic rings. The van der Waals surface area contributed by atoms with E-state index < -0.39 is 12.5 Å². The molecule has 2 rings (SSSR count). The molecule has 0 spiro atoms. The van der Waals surface area contributed by atoms with Gasteiger partial charge in [-0.2, -0.15) is 13.9 Å². The van der Waals surface area contributed by atoms with Crippen LogP contribution in [-0.4, -0.2) is 30.8 Å². The molecule has 0 saturated carbocycles. The number of benzene rings is 1. The summed E-state index contributed by atoms with van der Waals surface area (Å²) in [6.07, 6.45) is 2.79. The molecule has 22 heavy (non-hydrogen) atoms. The van der Waals surface area contributed by atoms with Crippen molar-refractivity contribution in [1.82, 2.24) is 10.4 Å². The van der Waals surface area contributed by atoms with Gasteiger partial charge in [-0.15, -0.1) is 0 Å². The summed E-state index contributed by atoms with van der Waals surface area (Å²) in [5.41, 5.74) is 2.83. The van der Waals surface area contributed by atoms with Crippen LogP contribution in [-0.2, 0) is 0 Å². The predicted octanol–water partition coefficient (Wildman–Crippen LogP) is 2.39. The lowest BCUT2D eigenvalue weighted by molar-refractivity contribution is -0.0513. The van der Waals surface area contributed by atoms with Crippen LogP contribution in [0.4, 0.5) is 8.78 Å². The maximum absolute atomic E-state index is 12.5. The van der Waals surface area contributed by atoms with Crippen LogP contribution in [0.15, 0.2) is 41.6 Å². The zero-order valence-corrected chi connectivity index (χ0v) is 11.5. The lowest BCUT2D eigenvalue weighted by Crippen LogP contribution is -2.18. The van der Waals surface area contributed by atoms with Gasteiger partial charge in [0, 0.05) is 11.8 Å². The van der Waals surface area contributed by atoms with Crippen molar-refractivity contribution >= 4 is 12.1 Å². The largest absolute Gasteiger partial charge is 0.493 e. The molecule has 6 nitrogen and oxygen atoms in total. The third-order valence-corrected chi connectivity index (χ3v) is 2.65. The van der Waals surface area contributed by atoms with E-state index in [0.29, 0.717) is 5.69 Å². The van der Waals surface area contributed by atoms with Crippen LogP contribution in [0.3, 0.4) is 0 Å². The first-order valence-electron chi connectivity index (χ1n) is 6.20. The summed E-state index contributed by atoms with van der Waals surface area (Å²) in [6, 6.07) is 7.80. The van der Waals surface area contributed by atoms with E-state index >= 15 is 0 Å². The minimum Gasteiger partial charge on any atom is -0.493 e. The summed E-state index contributed by atoms with van der Waals surface area (Å²) in [7, 11) is 1.33. The van der Waals surface area contributed by atoms with Gasteiger partial charge in [-0.25, -0.2) is 5.43 Å². The Labute approximate surface area is 124 Å². The quantitative estimate of drug-likeness (QED) is 0.635. The molecule has 2 aromatic rings. The Morgan fingerprint density at radius 1 is 1.36 bits per heavy atom. The number of aromatic amines is 1. The molecule has 0 atom stereocenters. The fraction of sp³-hybridized carbons (Fsp3) is 0.143. The Morgan fingerprint density at radius 3 is 2.82 bits per heavy atom. The van der Waals surface area contributed by atoms with Crippen molar-refractivity contribution in [3.8, 4) is 11.5 Å². The number of halogens is 2. The number of hydrogen-bond acceptors (Lipinski definition) is 4. The van der Waals surface area contributed by atoms with E-state index in [2.05, 4.69) is 20.2 Å². The SMILES string of the molecule is COc1cccc(/C=N\NC(=O)c2ccc[nH]2)c1OC(F)F. The van der Waals surface area contributed by atoms with E-state index in [9.17, 15) is 13.6 Å². The second-order valence-electron chi connectivity index (χ2n) is 4.04. The lowest BCUT2D eigenvalue weighted by atomic mass is 10.2. The van der Waals surface area contributed by atoms with Crippen LogP contribution in [0.25, 0.3) is 0 Å². The van der Waals surface area contributed by atoms with E-state index in [0.717, 1.165) is 0 Å². The van der Waals surface area contributed by atoms with Crippen LogP contribution in [0, 0.1) is 0 Å². The Balaban J connectivity index is 2.14. The number of hydrazone groups is 1. The molecular weight excluding hydrogens is 296 g/mol. The number of hydrogen-bond donors (Lipinski definition) is 2. The zero-order valence-electron chi connectivity index (χ0n) is 11.5. The molecule has 0 radical (unpaired) electrons. The van der Waals surface area contributed by atoms with Gasteiger partial charge in [-0.05, 0) is 24.3 Å². The molecule has 1 aromatic heterocycles. The second kappa shape index (κ2) is 7.21. The average molecular weight is 309 g/mol. The van der Waals surface area contributed by atoms with Crippen molar-refractivity contribution in [2.24, 2.45) is 5.10 Å². The molecule has 8 heteroatoms. The molecule has 1 heterocycles. The van der Waals surface area contributed by atoms with Crippen LogP contribution in [0.1, 0.15) is 16.1 Å². The molecule has 0 aliphatic carbocycles. The lowest BCUT2D eigenvalue weighted by Gasteiger charge is -2.11. The normalized spacial score (nSPS) is 10.9. The smallest absolute Gasteiger partial charge is 0.387 e. The van der Waals surface area contributed by atoms with E-state index in [1.165, 1.54) is 25.5 Å². The van der Waals surface area contributed by atoms with Crippen molar-refractivity contribution in [2.75, 3.05) is 7.11 Å². The van der Waals surface area contributed by atoms with E-state index in [4.69, 9.17) is 4.74 Å². The topological polar surface area (TPSA) is 75.7 Å². The van der Waals surface area contributed by atoms with Gasteiger partial charge in [-0.3, -0.25) is 4.79 Å². The van der Waals surface area contributed by atoms with Gasteiger partial charge in [0.15, 0.2) is 11.5 Å². The Bertz CT molecular complexity index is 657. The molecule has 0 fully saturated rings. The first-order chi connectivity index (χ1) is 10.6. The minimum atomic E-state index is -3.00. The third-order valence-electron chi connectivity index (χ3n) is 2.65. The third kappa shape index (κ3) is 3.81. The van der Waals surface area contributed by atoms with E-state index in [1.54, 1.807) is 24.4 Å². The fourth-order valence-electron chi connectivity index (χ4n) is 1.70. The van der Waals surface area contributed by atoms with Gasteiger partial charge in [0.05, 0.1) is 13.3 Å². The Hall–Kier alpha value is -2.90. The highest BCUT2D eigenvalue weighted by Crippen LogP contribution is 2.31. The van der Waals surface area contributed by atoms with Crippen LogP contribution in [0.5, 0.6) is 11.5 Å². The number of para-hydroxylation sites is 1. The number of carbonyl (C=O) groups is 1.